The molecule has 0 heterocycles. The third-order valence-electron chi connectivity index (χ3n) is 3.84. The number of carbonyl (C=O) groups excluding carboxylic acids is 2. The number of rotatable bonds is 7. The van der Waals surface area contributed by atoms with E-state index >= 15 is 0 Å². The van der Waals surface area contributed by atoms with Crippen molar-refractivity contribution in [1.29, 1.82) is 0 Å². The zero-order chi connectivity index (χ0) is 20.3. The number of anilines is 1. The Balaban J connectivity index is 1.72. The Morgan fingerprint density at radius 2 is 1.82 bits per heavy atom. The van der Waals surface area contributed by atoms with Gasteiger partial charge >= 0.3 is 5.97 Å². The van der Waals surface area contributed by atoms with Crippen molar-refractivity contribution >= 4 is 55.1 Å². The molecule has 1 saturated carbocycles. The lowest BCUT2D eigenvalue weighted by Gasteiger charge is -2.11. The Morgan fingerprint density at radius 3 is 2.46 bits per heavy atom. The molecule has 2 aromatic carbocycles. The fourth-order valence-electron chi connectivity index (χ4n) is 2.27. The summed E-state index contributed by atoms with van der Waals surface area (Å²) >= 11 is 9.28. The Hall–Kier alpha value is -2.10. The van der Waals surface area contributed by atoms with Crippen molar-refractivity contribution in [3.8, 4) is 0 Å². The lowest BCUT2D eigenvalue weighted by molar-refractivity contribution is -0.124. The highest BCUT2D eigenvalue weighted by atomic mass is 79.9. The minimum Gasteiger partial charge on any atom is -0.452 e. The molecule has 0 spiro atoms. The molecule has 0 atom stereocenters. The fraction of sp³-hybridized carbons (Fsp3) is 0.222. The molecule has 0 saturated heterocycles. The number of carbonyl (C=O) groups is 2. The van der Waals surface area contributed by atoms with Gasteiger partial charge < -0.3 is 10.1 Å². The Morgan fingerprint density at radius 1 is 1.14 bits per heavy atom. The molecule has 148 valence electrons. The van der Waals surface area contributed by atoms with E-state index in [9.17, 15) is 18.0 Å². The topological polar surface area (TPSA) is 102 Å². The summed E-state index contributed by atoms with van der Waals surface area (Å²) in [6, 6.07) is 10.4. The maximum absolute atomic E-state index is 12.6. The number of hydrogen-bond donors (Lipinski definition) is 2. The third-order valence-corrected chi connectivity index (χ3v) is 6.08. The number of ether oxygens (including phenoxy) is 1. The van der Waals surface area contributed by atoms with Crippen LogP contribution in [0.2, 0.25) is 5.02 Å². The fourth-order valence-corrected chi connectivity index (χ4v) is 3.81. The largest absolute Gasteiger partial charge is 0.452 e. The Labute approximate surface area is 175 Å². The molecule has 28 heavy (non-hydrogen) atoms. The lowest BCUT2D eigenvalue weighted by Crippen LogP contribution is -2.30. The second-order valence-corrected chi connectivity index (χ2v) is 9.18. The van der Waals surface area contributed by atoms with Crippen LogP contribution in [0.25, 0.3) is 0 Å². The summed E-state index contributed by atoms with van der Waals surface area (Å²) < 4.78 is 33.3. The Kier molecular flexibility index (Phi) is 6.26. The van der Waals surface area contributed by atoms with Gasteiger partial charge in [0.25, 0.3) is 15.9 Å². The molecular weight excluding hydrogens is 472 g/mol. The maximum Gasteiger partial charge on any atom is 0.340 e. The van der Waals surface area contributed by atoms with Gasteiger partial charge in [-0.25, -0.2) is 13.2 Å². The van der Waals surface area contributed by atoms with Gasteiger partial charge in [-0.15, -0.1) is 0 Å². The van der Waals surface area contributed by atoms with Crippen LogP contribution in [-0.2, 0) is 19.6 Å². The maximum atomic E-state index is 12.6. The van der Waals surface area contributed by atoms with Crippen LogP contribution in [0, 0.1) is 0 Å². The molecule has 7 nitrogen and oxygen atoms in total. The zero-order valence-electron chi connectivity index (χ0n) is 14.4. The summed E-state index contributed by atoms with van der Waals surface area (Å²) in [5.74, 6) is -1.29. The highest BCUT2D eigenvalue weighted by Gasteiger charge is 2.24. The van der Waals surface area contributed by atoms with E-state index in [0.717, 1.165) is 23.4 Å². The molecule has 0 aliphatic heterocycles. The lowest BCUT2D eigenvalue weighted by atomic mass is 10.2. The summed E-state index contributed by atoms with van der Waals surface area (Å²) in [4.78, 5) is 23.7. The van der Waals surface area contributed by atoms with Gasteiger partial charge in [-0.3, -0.25) is 9.52 Å². The summed E-state index contributed by atoms with van der Waals surface area (Å²) in [6.45, 7) is -0.459. The van der Waals surface area contributed by atoms with Crippen LogP contribution in [-0.4, -0.2) is 32.9 Å². The molecule has 1 aliphatic rings. The number of esters is 1. The molecule has 0 aromatic heterocycles. The van der Waals surface area contributed by atoms with E-state index in [2.05, 4.69) is 26.0 Å². The highest BCUT2D eigenvalue weighted by Crippen LogP contribution is 2.24. The first-order valence-electron chi connectivity index (χ1n) is 8.29. The first-order chi connectivity index (χ1) is 13.2. The molecule has 0 radical (unpaired) electrons. The number of benzene rings is 2. The van der Waals surface area contributed by atoms with Crippen LogP contribution in [0.5, 0.6) is 0 Å². The minimum absolute atomic E-state index is 0.0233. The highest BCUT2D eigenvalue weighted by molar-refractivity contribution is 9.10. The predicted molar refractivity (Wildman–Crippen MR) is 108 cm³/mol. The van der Waals surface area contributed by atoms with Gasteiger partial charge in [0.1, 0.15) is 0 Å². The van der Waals surface area contributed by atoms with Gasteiger partial charge in [0.2, 0.25) is 0 Å². The number of halogens is 2. The summed E-state index contributed by atoms with van der Waals surface area (Å²) in [7, 11) is -3.95. The van der Waals surface area contributed by atoms with Crippen LogP contribution >= 0.6 is 27.5 Å². The molecule has 2 N–H and O–H groups in total. The molecule has 2 aromatic rings. The number of amides is 1. The van der Waals surface area contributed by atoms with Gasteiger partial charge in [-0.1, -0.05) is 27.5 Å². The van der Waals surface area contributed by atoms with Gasteiger partial charge in [-0.05, 0) is 55.3 Å². The Bertz CT molecular complexity index is 1010. The first kappa shape index (κ1) is 20.6. The van der Waals surface area contributed by atoms with Crippen molar-refractivity contribution in [2.45, 2.75) is 23.8 Å². The molecule has 3 rings (SSSR count). The summed E-state index contributed by atoms with van der Waals surface area (Å²) in [5, 5.41) is 2.71. The van der Waals surface area contributed by atoms with Crippen molar-refractivity contribution in [2.75, 3.05) is 11.3 Å². The van der Waals surface area contributed by atoms with Crippen LogP contribution in [0.3, 0.4) is 0 Å². The van der Waals surface area contributed by atoms with E-state index in [-0.39, 0.29) is 21.5 Å². The first-order valence-corrected chi connectivity index (χ1v) is 10.9. The van der Waals surface area contributed by atoms with Crippen LogP contribution in [0.1, 0.15) is 23.2 Å². The molecule has 1 aliphatic carbocycles. The molecule has 10 heteroatoms. The number of nitrogens with one attached hydrogen (secondary N) is 2. The smallest absolute Gasteiger partial charge is 0.340 e. The monoisotopic (exact) mass is 486 g/mol. The second-order valence-electron chi connectivity index (χ2n) is 6.17. The molecule has 0 bridgehead atoms. The normalized spacial score (nSPS) is 13.6. The average molecular weight is 488 g/mol. The molecule has 1 fully saturated rings. The van der Waals surface area contributed by atoms with E-state index < -0.39 is 28.5 Å². The van der Waals surface area contributed by atoms with Crippen molar-refractivity contribution in [1.82, 2.24) is 5.32 Å². The van der Waals surface area contributed by atoms with Crippen molar-refractivity contribution in [3.63, 3.8) is 0 Å². The van der Waals surface area contributed by atoms with Crippen LogP contribution in [0.15, 0.2) is 51.8 Å². The average Bonchev–Trinajstić information content (AvgIpc) is 3.45. The van der Waals surface area contributed by atoms with E-state index in [0.29, 0.717) is 5.69 Å². The summed E-state index contributed by atoms with van der Waals surface area (Å²) in [6.07, 6.45) is 1.83. The van der Waals surface area contributed by atoms with Crippen molar-refractivity contribution < 1.29 is 22.7 Å². The predicted octanol–water partition coefficient (Wildman–Crippen LogP) is 3.34. The second kappa shape index (κ2) is 8.50. The van der Waals surface area contributed by atoms with Gasteiger partial charge in [0.05, 0.1) is 15.5 Å². The summed E-state index contributed by atoms with van der Waals surface area (Å²) in [5.41, 5.74) is 0.221. The number of hydrogen-bond acceptors (Lipinski definition) is 5. The van der Waals surface area contributed by atoms with E-state index in [1.54, 1.807) is 24.3 Å². The standard InChI is InChI=1S/C18H16BrClN2O5S/c19-11-1-3-13(4-2-11)22-28(25,26)14-7-8-16(20)15(9-14)18(24)27-10-17(23)21-12-5-6-12/h1-4,7-9,12,22H,5-6,10H2,(H,21,23). The van der Waals surface area contributed by atoms with E-state index in [1.807, 2.05) is 0 Å². The minimum atomic E-state index is -3.95. The molecule has 0 unspecified atom stereocenters. The van der Waals surface area contributed by atoms with E-state index in [1.165, 1.54) is 12.1 Å². The van der Waals surface area contributed by atoms with Crippen LogP contribution < -0.4 is 10.0 Å². The third kappa shape index (κ3) is 5.46. The zero-order valence-corrected chi connectivity index (χ0v) is 17.6. The molecule has 1 amide bonds. The van der Waals surface area contributed by atoms with Crippen molar-refractivity contribution in [3.05, 3.63) is 57.5 Å². The van der Waals surface area contributed by atoms with Crippen molar-refractivity contribution in [2.24, 2.45) is 0 Å². The van der Waals surface area contributed by atoms with Gasteiger partial charge in [-0.2, -0.15) is 0 Å². The van der Waals surface area contributed by atoms with Gasteiger partial charge in [0.15, 0.2) is 6.61 Å². The number of sulfonamides is 1. The van der Waals surface area contributed by atoms with Gasteiger partial charge in [0, 0.05) is 16.2 Å². The SMILES string of the molecule is O=C(COC(=O)c1cc(S(=O)(=O)Nc2ccc(Br)cc2)ccc1Cl)NC1CC1. The quantitative estimate of drug-likeness (QED) is 0.583. The van der Waals surface area contributed by atoms with Crippen LogP contribution in [0.4, 0.5) is 5.69 Å². The van der Waals surface area contributed by atoms with E-state index in [4.69, 9.17) is 16.3 Å². The molecular formula is C18H16BrClN2O5S.